The van der Waals surface area contributed by atoms with Crippen molar-refractivity contribution in [3.8, 4) is 0 Å². The Morgan fingerprint density at radius 2 is 0.476 bits per heavy atom. The van der Waals surface area contributed by atoms with E-state index in [0.29, 0.717) is 6.42 Å². The molecular weight excluding hydrogens is 999 g/mol. The third-order valence-corrected chi connectivity index (χ3v) is 18.4. The standard InChI is InChI=1S/C78H153NO3/c1-3-5-7-9-11-13-15-17-19-21-23-25-27-29-31-33-35-36-37-38-39-40-41-42-43-44-46-48-50-52-54-56-58-60-62-64-66-68-70-72-74-78(82)79-76(75-80)77(81)73-71-69-67-65-63-61-59-57-55-53-51-49-47-45-34-32-30-28-26-24-22-20-18-16-14-12-10-8-6-4-2/h63,65,71,73,76-77,80-81H,3-62,64,66-70,72,74-75H2,1-2H3,(H,79,82)/b65-63+,73-71+. The van der Waals surface area contributed by atoms with Gasteiger partial charge in [0.2, 0.25) is 5.91 Å². The predicted octanol–water partition coefficient (Wildman–Crippen LogP) is 26.5. The lowest BCUT2D eigenvalue weighted by molar-refractivity contribution is -0.123. The zero-order valence-corrected chi connectivity index (χ0v) is 56.6. The van der Waals surface area contributed by atoms with Crippen LogP contribution in [0, 0.1) is 0 Å². The summed E-state index contributed by atoms with van der Waals surface area (Å²) in [5, 5.41) is 23.3. The van der Waals surface area contributed by atoms with Gasteiger partial charge in [0.15, 0.2) is 0 Å². The first-order chi connectivity index (χ1) is 40.7. The molecule has 0 saturated heterocycles. The highest BCUT2D eigenvalue weighted by Gasteiger charge is 2.18. The molecule has 0 aliphatic rings. The number of allylic oxidation sites excluding steroid dienone is 3. The van der Waals surface area contributed by atoms with Crippen molar-refractivity contribution < 1.29 is 15.0 Å². The maximum atomic E-state index is 12.6. The van der Waals surface area contributed by atoms with Crippen molar-refractivity contribution in [1.82, 2.24) is 5.32 Å². The second kappa shape index (κ2) is 74.1. The normalized spacial score (nSPS) is 12.7. The van der Waals surface area contributed by atoms with Gasteiger partial charge in [-0.1, -0.05) is 436 Å². The first-order valence-electron chi connectivity index (χ1n) is 38.6. The van der Waals surface area contributed by atoms with Crippen molar-refractivity contribution in [2.45, 2.75) is 463 Å². The molecule has 2 atom stereocenters. The summed E-state index contributed by atoms with van der Waals surface area (Å²) < 4.78 is 0. The number of hydrogen-bond donors (Lipinski definition) is 3. The molecule has 0 saturated carbocycles. The van der Waals surface area contributed by atoms with Gasteiger partial charge >= 0.3 is 0 Å². The Morgan fingerprint density at radius 3 is 0.707 bits per heavy atom. The lowest BCUT2D eigenvalue weighted by Gasteiger charge is -2.19. The fraction of sp³-hybridized carbons (Fsp3) is 0.936. The first-order valence-corrected chi connectivity index (χ1v) is 38.6. The number of nitrogens with one attached hydrogen (secondary N) is 1. The molecule has 1 amide bonds. The Bertz CT molecular complexity index is 1210. The highest BCUT2D eigenvalue weighted by atomic mass is 16.3. The summed E-state index contributed by atoms with van der Waals surface area (Å²) in [6.07, 6.45) is 102. The molecule has 0 aliphatic heterocycles. The maximum absolute atomic E-state index is 12.6. The molecule has 82 heavy (non-hydrogen) atoms. The van der Waals surface area contributed by atoms with Crippen LogP contribution in [-0.4, -0.2) is 34.9 Å². The van der Waals surface area contributed by atoms with E-state index in [1.54, 1.807) is 6.08 Å². The molecule has 0 aromatic carbocycles. The van der Waals surface area contributed by atoms with Crippen LogP contribution >= 0.6 is 0 Å². The quantitative estimate of drug-likeness (QED) is 0.0420. The van der Waals surface area contributed by atoms with Gasteiger partial charge in [0.1, 0.15) is 0 Å². The fourth-order valence-corrected chi connectivity index (χ4v) is 12.6. The largest absolute Gasteiger partial charge is 0.394 e. The molecule has 0 aliphatic carbocycles. The van der Waals surface area contributed by atoms with Crippen LogP contribution < -0.4 is 5.32 Å². The molecule has 0 rings (SSSR count). The van der Waals surface area contributed by atoms with Gasteiger partial charge in [0.05, 0.1) is 18.8 Å². The summed E-state index contributed by atoms with van der Waals surface area (Å²) in [5.74, 6) is -0.0631. The minimum absolute atomic E-state index is 0.0631. The smallest absolute Gasteiger partial charge is 0.220 e. The molecule has 0 spiro atoms. The van der Waals surface area contributed by atoms with Crippen molar-refractivity contribution in [1.29, 1.82) is 0 Å². The van der Waals surface area contributed by atoms with Gasteiger partial charge in [0.25, 0.3) is 0 Å². The second-order valence-corrected chi connectivity index (χ2v) is 26.8. The average Bonchev–Trinajstić information content (AvgIpc) is 3.50. The van der Waals surface area contributed by atoms with Crippen LogP contribution in [0.4, 0.5) is 0 Å². The van der Waals surface area contributed by atoms with Gasteiger partial charge in [-0.15, -0.1) is 0 Å². The zero-order valence-electron chi connectivity index (χ0n) is 56.6. The van der Waals surface area contributed by atoms with Crippen LogP contribution in [0.25, 0.3) is 0 Å². The summed E-state index contributed by atoms with van der Waals surface area (Å²) in [4.78, 5) is 12.6. The van der Waals surface area contributed by atoms with Gasteiger partial charge in [-0.3, -0.25) is 4.79 Å². The average molecular weight is 1150 g/mol. The number of hydrogen-bond acceptors (Lipinski definition) is 3. The Morgan fingerprint density at radius 1 is 0.280 bits per heavy atom. The highest BCUT2D eigenvalue weighted by Crippen LogP contribution is 2.20. The van der Waals surface area contributed by atoms with Crippen LogP contribution in [0.5, 0.6) is 0 Å². The Balaban J connectivity index is 3.39. The van der Waals surface area contributed by atoms with E-state index < -0.39 is 12.1 Å². The summed E-state index contributed by atoms with van der Waals surface area (Å²) in [7, 11) is 0. The lowest BCUT2D eigenvalue weighted by atomic mass is 10.0. The predicted molar refractivity (Wildman–Crippen MR) is 369 cm³/mol. The van der Waals surface area contributed by atoms with Crippen LogP contribution in [0.2, 0.25) is 0 Å². The Kier molecular flexibility index (Phi) is 73.1. The number of carbonyl (C=O) groups excluding carboxylic acids is 1. The van der Waals surface area contributed by atoms with Gasteiger partial charge in [0, 0.05) is 6.42 Å². The summed E-state index contributed by atoms with van der Waals surface area (Å²) >= 11 is 0. The van der Waals surface area contributed by atoms with Crippen LogP contribution in [0.3, 0.4) is 0 Å². The molecule has 4 heteroatoms. The van der Waals surface area contributed by atoms with Gasteiger partial charge in [-0.25, -0.2) is 0 Å². The number of unbranched alkanes of at least 4 members (excludes halogenated alkanes) is 64. The number of aliphatic hydroxyl groups excluding tert-OH is 2. The van der Waals surface area contributed by atoms with Crippen molar-refractivity contribution >= 4 is 5.91 Å². The molecule has 3 N–H and O–H groups in total. The van der Waals surface area contributed by atoms with E-state index >= 15 is 0 Å². The molecule has 0 radical (unpaired) electrons. The number of rotatable bonds is 73. The number of aliphatic hydroxyl groups is 2. The van der Waals surface area contributed by atoms with Gasteiger partial charge in [-0.05, 0) is 32.1 Å². The SMILES string of the molecule is CCCCCCCCCCCCCCCCCCCCCCCCCC/C=C/CC/C=C/C(O)C(CO)NC(=O)CCCCCCCCCCCCCCCCCCCCCCCCCCCCCCCCCCCCCCCCCC. The van der Waals surface area contributed by atoms with E-state index in [1.165, 1.54) is 398 Å². The second-order valence-electron chi connectivity index (χ2n) is 26.8. The van der Waals surface area contributed by atoms with E-state index in [2.05, 4.69) is 31.3 Å². The highest BCUT2D eigenvalue weighted by molar-refractivity contribution is 5.76. The Labute approximate surface area is 517 Å². The topological polar surface area (TPSA) is 69.6 Å². The van der Waals surface area contributed by atoms with E-state index in [9.17, 15) is 15.0 Å². The molecule has 0 aromatic heterocycles. The van der Waals surface area contributed by atoms with Crippen molar-refractivity contribution in [3.63, 3.8) is 0 Å². The Hall–Kier alpha value is -1.13. The summed E-state index contributed by atoms with van der Waals surface area (Å²) in [6, 6.07) is -0.638. The van der Waals surface area contributed by atoms with Crippen LogP contribution in [0.15, 0.2) is 24.3 Å². The maximum Gasteiger partial charge on any atom is 0.220 e. The van der Waals surface area contributed by atoms with E-state index in [-0.39, 0.29) is 12.5 Å². The van der Waals surface area contributed by atoms with Crippen molar-refractivity contribution in [3.05, 3.63) is 24.3 Å². The third-order valence-electron chi connectivity index (χ3n) is 18.4. The molecule has 488 valence electrons. The summed E-state index contributed by atoms with van der Waals surface area (Å²) in [6.45, 7) is 4.36. The molecule has 0 fully saturated rings. The number of carbonyl (C=O) groups is 1. The van der Waals surface area contributed by atoms with Crippen molar-refractivity contribution in [2.24, 2.45) is 0 Å². The minimum atomic E-state index is -0.862. The van der Waals surface area contributed by atoms with E-state index in [1.807, 2.05) is 6.08 Å². The monoisotopic (exact) mass is 1150 g/mol. The molecule has 0 heterocycles. The summed E-state index contributed by atoms with van der Waals surface area (Å²) in [5.41, 5.74) is 0. The van der Waals surface area contributed by atoms with Gasteiger partial charge < -0.3 is 15.5 Å². The van der Waals surface area contributed by atoms with E-state index in [4.69, 9.17) is 0 Å². The zero-order chi connectivity index (χ0) is 59.1. The van der Waals surface area contributed by atoms with Crippen molar-refractivity contribution in [2.75, 3.05) is 6.61 Å². The molecule has 2 unspecified atom stereocenters. The number of amides is 1. The van der Waals surface area contributed by atoms with Crippen LogP contribution in [0.1, 0.15) is 450 Å². The molecule has 0 aromatic rings. The van der Waals surface area contributed by atoms with E-state index in [0.717, 1.165) is 32.1 Å². The van der Waals surface area contributed by atoms with Gasteiger partial charge in [-0.2, -0.15) is 0 Å². The molecule has 0 bridgehead atoms. The third kappa shape index (κ3) is 69.6. The molecular formula is C78H153NO3. The minimum Gasteiger partial charge on any atom is -0.394 e. The first kappa shape index (κ1) is 80.9. The fourth-order valence-electron chi connectivity index (χ4n) is 12.6. The molecule has 4 nitrogen and oxygen atoms in total. The van der Waals surface area contributed by atoms with Crippen LogP contribution in [-0.2, 0) is 4.79 Å². The lowest BCUT2D eigenvalue weighted by Crippen LogP contribution is -2.45.